The van der Waals surface area contributed by atoms with Crippen molar-refractivity contribution in [3.05, 3.63) is 18.0 Å². The maximum absolute atomic E-state index is 4.47. The third kappa shape index (κ3) is 4.46. The summed E-state index contributed by atoms with van der Waals surface area (Å²) in [4.78, 5) is 11.1. The lowest BCUT2D eigenvalue weighted by Gasteiger charge is -2.19. The standard InChI is InChI=1S/C15H26N4/c1-12(2)9-13-10-17-15(18-11-13)19(3)8-6-14-5-4-7-16-14/h10-12,14,16H,4-9H2,1-3H3. The van der Waals surface area contributed by atoms with Gasteiger partial charge >= 0.3 is 0 Å². The number of aromatic nitrogens is 2. The first-order valence-electron chi connectivity index (χ1n) is 7.40. The molecular formula is C15H26N4. The molecule has 1 aliphatic heterocycles. The largest absolute Gasteiger partial charge is 0.344 e. The van der Waals surface area contributed by atoms with Crippen LogP contribution in [-0.2, 0) is 6.42 Å². The molecule has 1 fully saturated rings. The van der Waals surface area contributed by atoms with Gasteiger partial charge < -0.3 is 10.2 Å². The van der Waals surface area contributed by atoms with Crippen LogP contribution in [0.25, 0.3) is 0 Å². The van der Waals surface area contributed by atoms with Crippen LogP contribution in [0.2, 0.25) is 0 Å². The Labute approximate surface area is 116 Å². The second-order valence-corrected chi connectivity index (χ2v) is 5.99. The quantitative estimate of drug-likeness (QED) is 0.854. The Morgan fingerprint density at radius 3 is 2.68 bits per heavy atom. The van der Waals surface area contributed by atoms with E-state index in [9.17, 15) is 0 Å². The molecule has 4 nitrogen and oxygen atoms in total. The molecule has 2 rings (SSSR count). The van der Waals surface area contributed by atoms with Gasteiger partial charge in [0.2, 0.25) is 5.95 Å². The fraction of sp³-hybridized carbons (Fsp3) is 0.733. The Morgan fingerprint density at radius 2 is 2.11 bits per heavy atom. The first-order chi connectivity index (χ1) is 9.15. The number of hydrogen-bond acceptors (Lipinski definition) is 4. The highest BCUT2D eigenvalue weighted by Crippen LogP contribution is 2.12. The van der Waals surface area contributed by atoms with Crippen molar-refractivity contribution in [2.45, 2.75) is 45.6 Å². The number of nitrogens with zero attached hydrogens (tertiary/aromatic N) is 3. The minimum absolute atomic E-state index is 0.653. The first kappa shape index (κ1) is 14.3. The van der Waals surface area contributed by atoms with Crippen LogP contribution < -0.4 is 10.2 Å². The zero-order valence-electron chi connectivity index (χ0n) is 12.4. The number of anilines is 1. The third-order valence-corrected chi connectivity index (χ3v) is 3.65. The van der Waals surface area contributed by atoms with Gasteiger partial charge in [0.05, 0.1) is 0 Å². The zero-order valence-corrected chi connectivity index (χ0v) is 12.4. The number of hydrogen-bond donors (Lipinski definition) is 1. The lowest BCUT2D eigenvalue weighted by atomic mass is 10.1. The van der Waals surface area contributed by atoms with Crippen LogP contribution in [-0.4, -0.2) is 36.1 Å². The minimum Gasteiger partial charge on any atom is -0.344 e. The molecule has 1 atom stereocenters. The number of nitrogens with one attached hydrogen (secondary N) is 1. The summed E-state index contributed by atoms with van der Waals surface area (Å²) in [7, 11) is 2.08. The van der Waals surface area contributed by atoms with Crippen LogP contribution in [0.4, 0.5) is 5.95 Å². The monoisotopic (exact) mass is 262 g/mol. The molecule has 1 saturated heterocycles. The van der Waals surface area contributed by atoms with Gasteiger partial charge in [-0.25, -0.2) is 9.97 Å². The van der Waals surface area contributed by atoms with Crippen molar-refractivity contribution in [1.29, 1.82) is 0 Å². The average Bonchev–Trinajstić information content (AvgIpc) is 2.89. The molecule has 0 amide bonds. The van der Waals surface area contributed by atoms with Crippen LogP contribution in [0.1, 0.15) is 38.7 Å². The fourth-order valence-electron chi connectivity index (χ4n) is 2.57. The predicted octanol–water partition coefficient (Wildman–Crippen LogP) is 2.25. The second-order valence-electron chi connectivity index (χ2n) is 5.99. The molecule has 0 aliphatic carbocycles. The molecule has 1 aliphatic rings. The summed E-state index contributed by atoms with van der Waals surface area (Å²) in [5.74, 6) is 1.49. The van der Waals surface area contributed by atoms with Crippen LogP contribution >= 0.6 is 0 Å². The lowest BCUT2D eigenvalue weighted by Crippen LogP contribution is -2.29. The van der Waals surface area contributed by atoms with E-state index in [1.807, 2.05) is 12.4 Å². The van der Waals surface area contributed by atoms with Crippen molar-refractivity contribution >= 4 is 5.95 Å². The SMILES string of the molecule is CC(C)Cc1cnc(N(C)CCC2CCCN2)nc1. The summed E-state index contributed by atoms with van der Waals surface area (Å²) in [5.41, 5.74) is 1.23. The highest BCUT2D eigenvalue weighted by Gasteiger charge is 2.15. The Hall–Kier alpha value is -1.16. The lowest BCUT2D eigenvalue weighted by molar-refractivity contribution is 0.556. The number of rotatable bonds is 6. The van der Waals surface area contributed by atoms with Crippen molar-refractivity contribution < 1.29 is 0 Å². The van der Waals surface area contributed by atoms with E-state index in [4.69, 9.17) is 0 Å². The van der Waals surface area contributed by atoms with Gasteiger partial charge in [-0.2, -0.15) is 0 Å². The predicted molar refractivity (Wildman–Crippen MR) is 79.5 cm³/mol. The highest BCUT2D eigenvalue weighted by molar-refractivity contribution is 5.28. The zero-order chi connectivity index (χ0) is 13.7. The van der Waals surface area contributed by atoms with Crippen molar-refractivity contribution in [3.63, 3.8) is 0 Å². The topological polar surface area (TPSA) is 41.1 Å². The Kier molecular flexibility index (Phi) is 5.14. The van der Waals surface area contributed by atoms with Gasteiger partial charge in [0.1, 0.15) is 0 Å². The summed E-state index contributed by atoms with van der Waals surface area (Å²) in [6.45, 7) is 6.62. The Bertz CT molecular complexity index is 368. The van der Waals surface area contributed by atoms with Gasteiger partial charge in [0.25, 0.3) is 0 Å². The van der Waals surface area contributed by atoms with Crippen LogP contribution in [0, 0.1) is 5.92 Å². The molecule has 0 spiro atoms. The summed E-state index contributed by atoms with van der Waals surface area (Å²) in [6, 6.07) is 0.683. The molecule has 4 heteroatoms. The maximum atomic E-state index is 4.47. The van der Waals surface area contributed by atoms with E-state index in [1.165, 1.54) is 31.4 Å². The maximum Gasteiger partial charge on any atom is 0.224 e. The molecule has 1 unspecified atom stereocenters. The van der Waals surface area contributed by atoms with E-state index in [0.29, 0.717) is 12.0 Å². The van der Waals surface area contributed by atoms with Gasteiger partial charge in [0, 0.05) is 32.0 Å². The van der Waals surface area contributed by atoms with Crippen molar-refractivity contribution in [2.75, 3.05) is 25.0 Å². The van der Waals surface area contributed by atoms with E-state index >= 15 is 0 Å². The highest BCUT2D eigenvalue weighted by atomic mass is 15.2. The normalized spacial score (nSPS) is 19.1. The molecule has 19 heavy (non-hydrogen) atoms. The summed E-state index contributed by atoms with van der Waals surface area (Å²) in [6.07, 6.45) is 8.78. The molecule has 1 N–H and O–H groups in total. The van der Waals surface area contributed by atoms with E-state index < -0.39 is 0 Å². The minimum atomic E-state index is 0.653. The molecule has 1 aromatic rings. The van der Waals surface area contributed by atoms with Crippen LogP contribution in [0.15, 0.2) is 12.4 Å². The van der Waals surface area contributed by atoms with Crippen LogP contribution in [0.5, 0.6) is 0 Å². The van der Waals surface area contributed by atoms with Crippen molar-refractivity contribution in [3.8, 4) is 0 Å². The molecule has 0 saturated carbocycles. The molecule has 0 aromatic carbocycles. The van der Waals surface area contributed by atoms with Gasteiger partial charge in [-0.3, -0.25) is 0 Å². The summed E-state index contributed by atoms with van der Waals surface area (Å²) < 4.78 is 0. The van der Waals surface area contributed by atoms with Gasteiger partial charge in [-0.15, -0.1) is 0 Å². The smallest absolute Gasteiger partial charge is 0.224 e. The molecule has 0 bridgehead atoms. The van der Waals surface area contributed by atoms with E-state index in [0.717, 1.165) is 18.9 Å². The van der Waals surface area contributed by atoms with E-state index in [2.05, 4.69) is 41.1 Å². The molecule has 1 aromatic heterocycles. The first-order valence-corrected chi connectivity index (χ1v) is 7.40. The van der Waals surface area contributed by atoms with E-state index in [1.54, 1.807) is 0 Å². The molecule has 106 valence electrons. The van der Waals surface area contributed by atoms with E-state index in [-0.39, 0.29) is 0 Å². The van der Waals surface area contributed by atoms with Gasteiger partial charge in [-0.1, -0.05) is 13.8 Å². The Morgan fingerprint density at radius 1 is 1.37 bits per heavy atom. The van der Waals surface area contributed by atoms with Gasteiger partial charge in [0.15, 0.2) is 0 Å². The van der Waals surface area contributed by atoms with Crippen LogP contribution in [0.3, 0.4) is 0 Å². The third-order valence-electron chi connectivity index (χ3n) is 3.65. The second kappa shape index (κ2) is 6.85. The molecular weight excluding hydrogens is 236 g/mol. The molecule has 0 radical (unpaired) electrons. The summed E-state index contributed by atoms with van der Waals surface area (Å²) >= 11 is 0. The molecule has 2 heterocycles. The fourth-order valence-corrected chi connectivity index (χ4v) is 2.57. The van der Waals surface area contributed by atoms with Crippen molar-refractivity contribution in [1.82, 2.24) is 15.3 Å². The Balaban J connectivity index is 1.82. The average molecular weight is 262 g/mol. The van der Waals surface area contributed by atoms with Gasteiger partial charge in [-0.05, 0) is 43.7 Å². The summed E-state index contributed by atoms with van der Waals surface area (Å²) in [5, 5.41) is 3.53. The van der Waals surface area contributed by atoms with Crippen molar-refractivity contribution in [2.24, 2.45) is 5.92 Å².